The van der Waals surface area contributed by atoms with Gasteiger partial charge in [-0.2, -0.15) is 0 Å². The quantitative estimate of drug-likeness (QED) is 0.490. The third-order valence-electron chi connectivity index (χ3n) is 3.66. The Bertz CT molecular complexity index is 891. The first-order chi connectivity index (χ1) is 12.7. The van der Waals surface area contributed by atoms with Gasteiger partial charge in [0.2, 0.25) is 11.1 Å². The molecule has 6 nitrogen and oxygen atoms in total. The van der Waals surface area contributed by atoms with Gasteiger partial charge in [-0.3, -0.25) is 14.7 Å². The predicted octanol–water partition coefficient (Wildman–Crippen LogP) is 3.80. The number of hydrogen-bond acceptors (Lipinski definition) is 5. The topological polar surface area (TPSA) is 87.7 Å². The third kappa shape index (κ3) is 4.58. The molecule has 0 atom stereocenters. The average molecular weight is 366 g/mol. The fourth-order valence-electron chi connectivity index (χ4n) is 2.24. The minimum Gasteiger partial charge on any atom is -0.326 e. The van der Waals surface area contributed by atoms with Gasteiger partial charge in [0.05, 0.1) is 5.75 Å². The highest BCUT2D eigenvalue weighted by Gasteiger charge is 2.11. The van der Waals surface area contributed by atoms with Crippen molar-refractivity contribution in [3.05, 3.63) is 60.2 Å². The van der Waals surface area contributed by atoms with Crippen molar-refractivity contribution in [2.75, 3.05) is 11.1 Å². The summed E-state index contributed by atoms with van der Waals surface area (Å²) in [6, 6.07) is 16.6. The van der Waals surface area contributed by atoms with Gasteiger partial charge < -0.3 is 5.32 Å². The van der Waals surface area contributed by atoms with Crippen LogP contribution in [0.1, 0.15) is 23.7 Å². The first kappa shape index (κ1) is 17.9. The van der Waals surface area contributed by atoms with Crippen LogP contribution in [0.5, 0.6) is 0 Å². The van der Waals surface area contributed by atoms with E-state index in [2.05, 4.69) is 20.5 Å². The van der Waals surface area contributed by atoms with Crippen LogP contribution in [-0.2, 0) is 4.79 Å². The van der Waals surface area contributed by atoms with Crippen molar-refractivity contribution in [1.82, 2.24) is 15.2 Å². The smallest absolute Gasteiger partial charge is 0.224 e. The lowest BCUT2D eigenvalue weighted by Gasteiger charge is -2.04. The number of aromatic amines is 1. The monoisotopic (exact) mass is 366 g/mol. The molecule has 0 saturated carbocycles. The second-order valence-corrected chi connectivity index (χ2v) is 6.47. The van der Waals surface area contributed by atoms with E-state index in [-0.39, 0.29) is 17.4 Å². The molecule has 3 rings (SSSR count). The average Bonchev–Trinajstić information content (AvgIpc) is 3.16. The molecule has 2 N–H and O–H groups in total. The molecule has 0 aliphatic heterocycles. The van der Waals surface area contributed by atoms with Crippen LogP contribution in [0.25, 0.3) is 11.4 Å². The van der Waals surface area contributed by atoms with Gasteiger partial charge in [0, 0.05) is 23.2 Å². The lowest BCUT2D eigenvalue weighted by Crippen LogP contribution is -2.09. The minimum absolute atomic E-state index is 0.0190. The molecule has 0 aliphatic rings. The highest BCUT2D eigenvalue weighted by Crippen LogP contribution is 2.20. The van der Waals surface area contributed by atoms with Crippen LogP contribution in [0.15, 0.2) is 59.8 Å². The lowest BCUT2D eigenvalue weighted by atomic mass is 10.1. The van der Waals surface area contributed by atoms with Crippen molar-refractivity contribution in [2.45, 2.75) is 18.5 Å². The minimum atomic E-state index is -0.0570. The van der Waals surface area contributed by atoms with Crippen molar-refractivity contribution in [3.63, 3.8) is 0 Å². The molecule has 0 spiro atoms. The summed E-state index contributed by atoms with van der Waals surface area (Å²) in [6.45, 7) is 1.79. The maximum atomic E-state index is 12.3. The van der Waals surface area contributed by atoms with E-state index in [9.17, 15) is 9.59 Å². The normalized spacial score (nSPS) is 10.5. The Balaban J connectivity index is 1.57. The standard InChI is InChI=1S/C19H18N4O2S/c1-2-17(25)20-15-10-8-13(9-11-15)16(24)12-26-19-21-18(22-23-19)14-6-4-3-5-7-14/h3-11H,2,12H2,1H3,(H,20,25)(H,21,22,23). The Morgan fingerprint density at radius 3 is 2.50 bits per heavy atom. The van der Waals surface area contributed by atoms with E-state index in [1.165, 1.54) is 11.8 Å². The number of benzene rings is 2. The van der Waals surface area contributed by atoms with Gasteiger partial charge in [0.15, 0.2) is 11.6 Å². The summed E-state index contributed by atoms with van der Waals surface area (Å²) in [6.07, 6.45) is 0.416. The van der Waals surface area contributed by atoms with Crippen molar-refractivity contribution >= 4 is 29.1 Å². The van der Waals surface area contributed by atoms with E-state index in [1.54, 1.807) is 31.2 Å². The van der Waals surface area contributed by atoms with Crippen LogP contribution in [-0.4, -0.2) is 32.6 Å². The van der Waals surface area contributed by atoms with Crippen molar-refractivity contribution in [3.8, 4) is 11.4 Å². The van der Waals surface area contributed by atoms with Crippen molar-refractivity contribution in [2.24, 2.45) is 0 Å². The first-order valence-corrected chi connectivity index (χ1v) is 9.18. The summed E-state index contributed by atoms with van der Waals surface area (Å²) in [5, 5.41) is 10.3. The number of carbonyl (C=O) groups excluding carboxylic acids is 2. The zero-order valence-electron chi connectivity index (χ0n) is 14.2. The number of aromatic nitrogens is 3. The number of thioether (sulfide) groups is 1. The van der Waals surface area contributed by atoms with Crippen molar-refractivity contribution < 1.29 is 9.59 Å². The van der Waals surface area contributed by atoms with Gasteiger partial charge in [0.1, 0.15) is 0 Å². The molecular formula is C19H18N4O2S. The molecule has 0 saturated heterocycles. The largest absolute Gasteiger partial charge is 0.326 e. The second-order valence-electron chi connectivity index (χ2n) is 5.52. The highest BCUT2D eigenvalue weighted by atomic mass is 32.2. The number of Topliss-reactive ketones (excluding diaryl/α,β-unsaturated/α-hetero) is 1. The summed E-state index contributed by atoms with van der Waals surface area (Å²) in [5.41, 5.74) is 2.22. The van der Waals surface area contributed by atoms with Crippen LogP contribution in [0.4, 0.5) is 5.69 Å². The van der Waals surface area contributed by atoms with E-state index in [0.717, 1.165) is 5.56 Å². The summed E-state index contributed by atoms with van der Waals surface area (Å²) >= 11 is 1.28. The zero-order chi connectivity index (χ0) is 18.4. The summed E-state index contributed by atoms with van der Waals surface area (Å²) in [4.78, 5) is 28.1. The summed E-state index contributed by atoms with van der Waals surface area (Å²) in [7, 11) is 0. The number of nitrogens with zero attached hydrogens (tertiary/aromatic N) is 2. The summed E-state index contributed by atoms with van der Waals surface area (Å²) < 4.78 is 0. The fraction of sp³-hybridized carbons (Fsp3) is 0.158. The molecule has 1 amide bonds. The molecule has 0 radical (unpaired) electrons. The van der Waals surface area contributed by atoms with Crippen LogP contribution < -0.4 is 5.32 Å². The Morgan fingerprint density at radius 1 is 1.08 bits per heavy atom. The molecule has 0 fully saturated rings. The van der Waals surface area contributed by atoms with E-state index in [1.807, 2.05) is 30.3 Å². The van der Waals surface area contributed by atoms with E-state index >= 15 is 0 Å². The molecule has 0 bridgehead atoms. The van der Waals surface area contributed by atoms with E-state index < -0.39 is 0 Å². The van der Waals surface area contributed by atoms with Gasteiger partial charge in [-0.05, 0) is 24.3 Å². The van der Waals surface area contributed by atoms with E-state index in [0.29, 0.717) is 28.7 Å². The maximum Gasteiger partial charge on any atom is 0.224 e. The fourth-order valence-corrected chi connectivity index (χ4v) is 2.93. The Hall–Kier alpha value is -2.93. The lowest BCUT2D eigenvalue weighted by molar-refractivity contribution is -0.115. The van der Waals surface area contributed by atoms with E-state index in [4.69, 9.17) is 0 Å². The van der Waals surface area contributed by atoms with Crippen LogP contribution >= 0.6 is 11.8 Å². The molecule has 1 aromatic heterocycles. The van der Waals surface area contributed by atoms with Crippen LogP contribution in [0.3, 0.4) is 0 Å². The van der Waals surface area contributed by atoms with Gasteiger partial charge in [-0.15, -0.1) is 5.10 Å². The molecule has 0 unspecified atom stereocenters. The Labute approximate surface area is 155 Å². The van der Waals surface area contributed by atoms with Gasteiger partial charge >= 0.3 is 0 Å². The molecular weight excluding hydrogens is 348 g/mol. The molecule has 26 heavy (non-hydrogen) atoms. The zero-order valence-corrected chi connectivity index (χ0v) is 15.0. The molecule has 3 aromatic rings. The van der Waals surface area contributed by atoms with Crippen LogP contribution in [0, 0.1) is 0 Å². The molecule has 132 valence electrons. The molecule has 1 heterocycles. The first-order valence-electron chi connectivity index (χ1n) is 8.19. The number of H-pyrrole nitrogens is 1. The Morgan fingerprint density at radius 2 is 1.81 bits per heavy atom. The molecule has 2 aromatic carbocycles. The van der Waals surface area contributed by atoms with Gasteiger partial charge in [-0.1, -0.05) is 49.0 Å². The van der Waals surface area contributed by atoms with Crippen LogP contribution in [0.2, 0.25) is 0 Å². The predicted molar refractivity (Wildman–Crippen MR) is 102 cm³/mol. The SMILES string of the molecule is CCC(=O)Nc1ccc(C(=O)CSc2n[nH]c(-c3ccccc3)n2)cc1. The number of ketones is 1. The number of amides is 1. The second kappa shape index (κ2) is 8.44. The maximum absolute atomic E-state index is 12.3. The number of rotatable bonds is 7. The van der Waals surface area contributed by atoms with Gasteiger partial charge in [-0.25, -0.2) is 4.98 Å². The third-order valence-corrected chi connectivity index (χ3v) is 4.50. The Kier molecular flexibility index (Phi) is 5.80. The number of nitrogens with one attached hydrogen (secondary N) is 2. The molecule has 0 aliphatic carbocycles. The number of carbonyl (C=O) groups is 2. The number of hydrogen-bond donors (Lipinski definition) is 2. The molecule has 7 heteroatoms. The number of anilines is 1. The van der Waals surface area contributed by atoms with Gasteiger partial charge in [0.25, 0.3) is 0 Å². The highest BCUT2D eigenvalue weighted by molar-refractivity contribution is 7.99. The summed E-state index contributed by atoms with van der Waals surface area (Å²) in [5.74, 6) is 0.844. The van der Waals surface area contributed by atoms with Crippen molar-refractivity contribution in [1.29, 1.82) is 0 Å².